The number of carboxylic acids is 1. The van der Waals surface area contributed by atoms with E-state index >= 15 is 0 Å². The highest BCUT2D eigenvalue weighted by Crippen LogP contribution is 2.27. The molecule has 12 heteroatoms. The highest BCUT2D eigenvalue weighted by Gasteiger charge is 2.50. The summed E-state index contributed by atoms with van der Waals surface area (Å²) >= 11 is 0. The van der Waals surface area contributed by atoms with Gasteiger partial charge in [-0.1, -0.05) is 265 Å². The average molecular weight is 1010 g/mol. The van der Waals surface area contributed by atoms with E-state index in [0.717, 1.165) is 57.8 Å². The molecule has 0 radical (unpaired) electrons. The molecule has 1 rings (SSSR count). The van der Waals surface area contributed by atoms with E-state index in [1.54, 1.807) is 0 Å². The van der Waals surface area contributed by atoms with Crippen LogP contribution in [0.3, 0.4) is 0 Å². The molecule has 1 heterocycles. The summed E-state index contributed by atoms with van der Waals surface area (Å²) in [4.78, 5) is 51.0. The summed E-state index contributed by atoms with van der Waals surface area (Å²) in [5.41, 5.74) is 0. The molecule has 1 aliphatic heterocycles. The fraction of sp³-hybridized carbons (Fsp3) is 0.932. The third-order valence-corrected chi connectivity index (χ3v) is 14.2. The zero-order valence-corrected chi connectivity index (χ0v) is 46.0. The zero-order chi connectivity index (χ0) is 51.8. The van der Waals surface area contributed by atoms with Gasteiger partial charge in [-0.15, -0.1) is 0 Å². The maximum Gasteiger partial charge on any atom is 0.335 e. The molecular weight excluding hydrogens is 901 g/mol. The van der Waals surface area contributed by atoms with Crippen molar-refractivity contribution in [3.05, 3.63) is 0 Å². The van der Waals surface area contributed by atoms with Crippen molar-refractivity contribution in [3.8, 4) is 0 Å². The average Bonchev–Trinajstić information content (AvgIpc) is 3.35. The minimum atomic E-state index is -1.89. The van der Waals surface area contributed by atoms with Crippen LogP contribution in [0.1, 0.15) is 303 Å². The molecule has 0 amide bonds. The molecule has 71 heavy (non-hydrogen) atoms. The van der Waals surface area contributed by atoms with Crippen LogP contribution in [0, 0.1) is 0 Å². The first-order chi connectivity index (χ1) is 34.6. The van der Waals surface area contributed by atoms with Gasteiger partial charge in [0.2, 0.25) is 0 Å². The molecule has 6 atom stereocenters. The molecule has 1 aliphatic rings. The molecule has 0 aromatic heterocycles. The number of ether oxygens (including phenoxy) is 5. The summed E-state index contributed by atoms with van der Waals surface area (Å²) in [6.45, 7) is 6.02. The summed E-state index contributed by atoms with van der Waals surface area (Å²) < 4.78 is 28.4. The van der Waals surface area contributed by atoms with Crippen LogP contribution in [-0.2, 0) is 42.9 Å². The number of carboxylic acid groups (broad SMARTS) is 1. The van der Waals surface area contributed by atoms with Gasteiger partial charge < -0.3 is 39.0 Å². The molecule has 0 aliphatic carbocycles. The van der Waals surface area contributed by atoms with Crippen molar-refractivity contribution in [2.45, 2.75) is 340 Å². The van der Waals surface area contributed by atoms with E-state index in [1.807, 2.05) is 0 Å². The number of unbranched alkanes of at least 4 members (excludes halogenated alkanes) is 38. The van der Waals surface area contributed by atoms with Crippen LogP contribution < -0.4 is 0 Å². The van der Waals surface area contributed by atoms with Crippen LogP contribution in [0.15, 0.2) is 0 Å². The predicted octanol–water partition coefficient (Wildman–Crippen LogP) is 15.1. The number of aliphatic hydroxyl groups excluding tert-OH is 2. The summed E-state index contributed by atoms with van der Waals surface area (Å²) in [5, 5.41) is 31.4. The lowest BCUT2D eigenvalue weighted by Crippen LogP contribution is -2.61. The van der Waals surface area contributed by atoms with Gasteiger partial charge >= 0.3 is 23.9 Å². The Morgan fingerprint density at radius 2 is 0.718 bits per heavy atom. The maximum absolute atomic E-state index is 13.1. The van der Waals surface area contributed by atoms with Crippen molar-refractivity contribution in [2.24, 2.45) is 0 Å². The molecule has 0 aromatic rings. The number of carbonyl (C=O) groups excluding carboxylic acids is 3. The first-order valence-corrected chi connectivity index (χ1v) is 30.0. The van der Waals surface area contributed by atoms with Gasteiger partial charge in [0, 0.05) is 19.3 Å². The summed E-state index contributed by atoms with van der Waals surface area (Å²) in [6.07, 6.45) is 39.4. The molecule has 3 N–H and O–H groups in total. The summed E-state index contributed by atoms with van der Waals surface area (Å²) in [6, 6.07) is 0. The number of aliphatic hydroxyl groups is 2. The Balaban J connectivity index is 2.65. The van der Waals surface area contributed by atoms with Crippen LogP contribution in [-0.4, -0.2) is 89.2 Å². The zero-order valence-electron chi connectivity index (χ0n) is 46.0. The van der Waals surface area contributed by atoms with Crippen molar-refractivity contribution in [1.82, 2.24) is 0 Å². The van der Waals surface area contributed by atoms with Gasteiger partial charge in [-0.3, -0.25) is 14.4 Å². The quantitative estimate of drug-likeness (QED) is 0.0299. The number of carbonyl (C=O) groups is 4. The lowest BCUT2D eigenvalue weighted by atomic mass is 9.98. The molecular formula is C59H110O12. The lowest BCUT2D eigenvalue weighted by molar-refractivity contribution is -0.301. The number of esters is 3. The molecule has 12 nitrogen and oxygen atoms in total. The SMILES string of the molecule is CCCCCCCCCCCCCCCCCCCC(=O)OCC(COC1OC(C(=O)O)C(O)C(O)C1OC(=O)CCCCCCCCCCCCC)OC(=O)CCCCCCCCCCCCCCC. The molecule has 418 valence electrons. The van der Waals surface area contributed by atoms with E-state index in [9.17, 15) is 34.5 Å². The summed E-state index contributed by atoms with van der Waals surface area (Å²) in [7, 11) is 0. The first-order valence-electron chi connectivity index (χ1n) is 30.0. The van der Waals surface area contributed by atoms with Crippen LogP contribution in [0.5, 0.6) is 0 Å². The van der Waals surface area contributed by atoms with Gasteiger partial charge in [-0.05, 0) is 19.3 Å². The van der Waals surface area contributed by atoms with Gasteiger partial charge in [0.1, 0.15) is 18.8 Å². The van der Waals surface area contributed by atoms with Gasteiger partial charge in [0.15, 0.2) is 24.6 Å². The standard InChI is InChI=1S/C59H110O12/c1-4-7-10-13-16-19-22-24-25-26-27-29-31-33-36-39-42-45-51(60)67-48-50(69-52(61)46-43-40-37-35-32-28-23-20-17-14-11-8-5-2)49-68-59-57(55(64)54(63)56(71-59)58(65)66)70-53(62)47-44-41-38-34-30-21-18-15-12-9-6-3/h50,54-57,59,63-64H,4-49H2,1-3H3,(H,65,66). The highest BCUT2D eigenvalue weighted by molar-refractivity contribution is 5.74. The van der Waals surface area contributed by atoms with E-state index in [2.05, 4.69) is 20.8 Å². The molecule has 0 spiro atoms. The minimum absolute atomic E-state index is 0.0697. The van der Waals surface area contributed by atoms with Gasteiger partial charge in [-0.25, -0.2) is 4.79 Å². The molecule has 0 bridgehead atoms. The second-order valence-electron chi connectivity index (χ2n) is 21.0. The van der Waals surface area contributed by atoms with Crippen molar-refractivity contribution < 1.29 is 58.2 Å². The smallest absolute Gasteiger partial charge is 0.335 e. The molecule has 0 saturated carbocycles. The lowest BCUT2D eigenvalue weighted by Gasteiger charge is -2.40. The van der Waals surface area contributed by atoms with Crippen LogP contribution in [0.25, 0.3) is 0 Å². The van der Waals surface area contributed by atoms with E-state index < -0.39 is 67.3 Å². The monoisotopic (exact) mass is 1010 g/mol. The number of rotatable bonds is 52. The number of aliphatic carboxylic acids is 1. The topological polar surface area (TPSA) is 175 Å². The Morgan fingerprint density at radius 1 is 0.408 bits per heavy atom. The second-order valence-corrected chi connectivity index (χ2v) is 21.0. The van der Waals surface area contributed by atoms with E-state index in [1.165, 1.54) is 186 Å². The van der Waals surface area contributed by atoms with Crippen LogP contribution in [0.4, 0.5) is 0 Å². The summed E-state index contributed by atoms with van der Waals surface area (Å²) in [5.74, 6) is -3.07. The largest absolute Gasteiger partial charge is 0.479 e. The number of hydrogen-bond donors (Lipinski definition) is 3. The Kier molecular flexibility index (Phi) is 45.7. The van der Waals surface area contributed by atoms with Crippen molar-refractivity contribution in [2.75, 3.05) is 13.2 Å². The Hall–Kier alpha value is -2.28. The fourth-order valence-corrected chi connectivity index (χ4v) is 9.55. The van der Waals surface area contributed by atoms with E-state index in [-0.39, 0.29) is 25.9 Å². The molecule has 6 unspecified atom stereocenters. The van der Waals surface area contributed by atoms with Gasteiger partial charge in [0.05, 0.1) is 6.61 Å². The Morgan fingerprint density at radius 3 is 1.06 bits per heavy atom. The Labute approximate surface area is 433 Å². The number of hydrogen-bond acceptors (Lipinski definition) is 11. The van der Waals surface area contributed by atoms with E-state index in [0.29, 0.717) is 19.3 Å². The maximum atomic E-state index is 13.1. The van der Waals surface area contributed by atoms with Crippen molar-refractivity contribution in [1.29, 1.82) is 0 Å². The van der Waals surface area contributed by atoms with Crippen LogP contribution in [0.2, 0.25) is 0 Å². The fourth-order valence-electron chi connectivity index (χ4n) is 9.55. The van der Waals surface area contributed by atoms with Crippen molar-refractivity contribution in [3.63, 3.8) is 0 Å². The third-order valence-electron chi connectivity index (χ3n) is 14.2. The second kappa shape index (κ2) is 48.6. The highest BCUT2D eigenvalue weighted by atomic mass is 16.7. The van der Waals surface area contributed by atoms with E-state index in [4.69, 9.17) is 23.7 Å². The predicted molar refractivity (Wildman–Crippen MR) is 285 cm³/mol. The first kappa shape index (κ1) is 66.7. The molecule has 0 aromatic carbocycles. The minimum Gasteiger partial charge on any atom is -0.479 e. The van der Waals surface area contributed by atoms with Crippen LogP contribution >= 0.6 is 0 Å². The third kappa shape index (κ3) is 38.9. The van der Waals surface area contributed by atoms with Crippen molar-refractivity contribution >= 4 is 23.9 Å². The van der Waals surface area contributed by atoms with Gasteiger partial charge in [-0.2, -0.15) is 0 Å². The van der Waals surface area contributed by atoms with Gasteiger partial charge in [0.25, 0.3) is 0 Å². The molecule has 1 saturated heterocycles. The molecule has 1 fully saturated rings. The normalized spacial score (nSPS) is 18.4. The Bertz CT molecular complexity index is 1250.